The van der Waals surface area contributed by atoms with Gasteiger partial charge >= 0.3 is 0 Å². The minimum Gasteiger partial charge on any atom is -0.325 e. The lowest BCUT2D eigenvalue weighted by Gasteiger charge is -2.08. The monoisotopic (exact) mass is 229 g/mol. The average molecular weight is 229 g/mol. The number of para-hydroxylation sites is 1. The zero-order valence-electron chi connectivity index (χ0n) is 8.35. The number of hydrogen-bond donors (Lipinski definition) is 1. The fraction of sp³-hybridized carbons (Fsp3) is 0.222. The smallest absolute Gasteiger partial charge is 0.298 e. The molecule has 1 N–H and O–H groups in total. The Morgan fingerprint density at radius 1 is 1.33 bits per heavy atom. The van der Waals surface area contributed by atoms with Gasteiger partial charge in [0.05, 0.1) is 12.8 Å². The Labute approximate surface area is 88.2 Å². The molecule has 0 radical (unpaired) electrons. The van der Waals surface area contributed by atoms with Gasteiger partial charge in [0.2, 0.25) is 5.91 Å². The van der Waals surface area contributed by atoms with E-state index in [0.717, 1.165) is 7.11 Å². The second-order valence-electron chi connectivity index (χ2n) is 2.80. The van der Waals surface area contributed by atoms with E-state index in [1.807, 2.05) is 0 Å². The fourth-order valence-corrected chi connectivity index (χ4v) is 1.88. The third-order valence-corrected chi connectivity index (χ3v) is 3.02. The molecule has 0 heterocycles. The van der Waals surface area contributed by atoms with Gasteiger partial charge in [0.15, 0.2) is 0 Å². The molecular weight excluding hydrogens is 218 g/mol. The van der Waals surface area contributed by atoms with Crippen molar-refractivity contribution in [3.63, 3.8) is 0 Å². The molecule has 0 aliphatic rings. The summed E-state index contributed by atoms with van der Waals surface area (Å²) in [5.74, 6) is -0.339. The van der Waals surface area contributed by atoms with Crippen LogP contribution in [-0.2, 0) is 19.1 Å². The number of anilines is 1. The number of hydrogen-bond acceptors (Lipinski definition) is 4. The van der Waals surface area contributed by atoms with Crippen molar-refractivity contribution in [2.45, 2.75) is 11.8 Å². The Kier molecular flexibility index (Phi) is 3.43. The number of amides is 1. The summed E-state index contributed by atoms with van der Waals surface area (Å²) >= 11 is 0. The first-order valence-electron chi connectivity index (χ1n) is 4.14. The summed E-state index contributed by atoms with van der Waals surface area (Å²) in [6, 6.07) is 6.04. The molecule has 0 saturated heterocycles. The minimum atomic E-state index is -3.79. The standard InChI is InChI=1S/C9H11NO4S/c1-7(11)10-8-5-3-4-6-9(8)15(12,13)14-2/h3-6H,1-2H3,(H,10,11). The van der Waals surface area contributed by atoms with E-state index in [1.165, 1.54) is 19.1 Å². The summed E-state index contributed by atoms with van der Waals surface area (Å²) in [6.07, 6.45) is 0. The van der Waals surface area contributed by atoms with Crippen LogP contribution in [0.25, 0.3) is 0 Å². The van der Waals surface area contributed by atoms with E-state index in [9.17, 15) is 13.2 Å². The maximum Gasteiger partial charge on any atom is 0.298 e. The van der Waals surface area contributed by atoms with E-state index in [2.05, 4.69) is 9.50 Å². The van der Waals surface area contributed by atoms with E-state index in [0.29, 0.717) is 0 Å². The van der Waals surface area contributed by atoms with Gasteiger partial charge in [-0.2, -0.15) is 8.42 Å². The molecule has 6 heteroatoms. The first-order chi connectivity index (χ1) is 6.97. The average Bonchev–Trinajstić information content (AvgIpc) is 2.17. The van der Waals surface area contributed by atoms with Crippen molar-refractivity contribution in [2.24, 2.45) is 0 Å². The molecular formula is C9H11NO4S. The molecule has 0 saturated carbocycles. The minimum absolute atomic E-state index is 0.0531. The summed E-state index contributed by atoms with van der Waals surface area (Å²) in [5.41, 5.74) is 0.215. The number of carbonyl (C=O) groups excluding carboxylic acids is 1. The molecule has 0 bridgehead atoms. The van der Waals surface area contributed by atoms with Crippen LogP contribution in [-0.4, -0.2) is 21.4 Å². The summed E-state index contributed by atoms with van der Waals surface area (Å²) in [7, 11) is -2.72. The van der Waals surface area contributed by atoms with Gasteiger partial charge in [-0.05, 0) is 12.1 Å². The second-order valence-corrected chi connectivity index (χ2v) is 4.48. The number of rotatable bonds is 3. The van der Waals surface area contributed by atoms with Crippen molar-refractivity contribution >= 4 is 21.7 Å². The number of nitrogens with one attached hydrogen (secondary N) is 1. The lowest BCUT2D eigenvalue weighted by atomic mass is 10.3. The van der Waals surface area contributed by atoms with E-state index < -0.39 is 10.1 Å². The molecule has 1 aromatic rings. The second kappa shape index (κ2) is 4.41. The van der Waals surface area contributed by atoms with Crippen molar-refractivity contribution in [1.29, 1.82) is 0 Å². The summed E-state index contributed by atoms with van der Waals surface area (Å²) in [6.45, 7) is 1.30. The molecule has 1 amide bonds. The van der Waals surface area contributed by atoms with Crippen LogP contribution in [0.3, 0.4) is 0 Å². The van der Waals surface area contributed by atoms with E-state index in [1.54, 1.807) is 12.1 Å². The Morgan fingerprint density at radius 2 is 1.93 bits per heavy atom. The zero-order chi connectivity index (χ0) is 11.5. The Bertz CT molecular complexity index is 467. The highest BCUT2D eigenvalue weighted by atomic mass is 32.2. The molecule has 1 aromatic carbocycles. The Morgan fingerprint density at radius 3 is 2.47 bits per heavy atom. The van der Waals surface area contributed by atoms with Crippen LogP contribution >= 0.6 is 0 Å². The lowest BCUT2D eigenvalue weighted by Crippen LogP contribution is -2.11. The molecule has 0 aliphatic carbocycles. The van der Waals surface area contributed by atoms with Crippen LogP contribution in [0.5, 0.6) is 0 Å². The lowest BCUT2D eigenvalue weighted by molar-refractivity contribution is -0.114. The molecule has 5 nitrogen and oxygen atoms in total. The summed E-state index contributed by atoms with van der Waals surface area (Å²) in [5, 5.41) is 2.42. The van der Waals surface area contributed by atoms with Gasteiger partial charge in [-0.25, -0.2) is 0 Å². The largest absolute Gasteiger partial charge is 0.325 e. The van der Waals surface area contributed by atoms with E-state index in [4.69, 9.17) is 0 Å². The molecule has 15 heavy (non-hydrogen) atoms. The highest BCUT2D eigenvalue weighted by Crippen LogP contribution is 2.21. The first kappa shape index (κ1) is 11.7. The molecule has 0 unspecified atom stereocenters. The van der Waals surface area contributed by atoms with Crippen LogP contribution in [0, 0.1) is 0 Å². The van der Waals surface area contributed by atoms with Crippen LogP contribution < -0.4 is 5.32 Å². The quantitative estimate of drug-likeness (QED) is 0.784. The van der Waals surface area contributed by atoms with Crippen LogP contribution in [0.4, 0.5) is 5.69 Å². The van der Waals surface area contributed by atoms with Crippen LogP contribution in [0.15, 0.2) is 29.2 Å². The predicted molar refractivity (Wildman–Crippen MR) is 54.9 cm³/mol. The normalized spacial score (nSPS) is 11.1. The van der Waals surface area contributed by atoms with Gasteiger partial charge in [0.1, 0.15) is 4.90 Å². The Balaban J connectivity index is 3.24. The van der Waals surface area contributed by atoms with Crippen LogP contribution in [0.1, 0.15) is 6.92 Å². The van der Waals surface area contributed by atoms with Gasteiger partial charge in [-0.3, -0.25) is 8.98 Å². The third-order valence-electron chi connectivity index (χ3n) is 1.69. The number of benzene rings is 1. The van der Waals surface area contributed by atoms with Gasteiger partial charge in [-0.1, -0.05) is 12.1 Å². The van der Waals surface area contributed by atoms with Crippen molar-refractivity contribution < 1.29 is 17.4 Å². The highest BCUT2D eigenvalue weighted by molar-refractivity contribution is 7.87. The first-order valence-corrected chi connectivity index (χ1v) is 5.55. The molecule has 0 fully saturated rings. The van der Waals surface area contributed by atoms with Gasteiger partial charge in [0, 0.05) is 6.92 Å². The summed E-state index contributed by atoms with van der Waals surface area (Å²) < 4.78 is 27.2. The van der Waals surface area contributed by atoms with Crippen molar-refractivity contribution in [2.75, 3.05) is 12.4 Å². The molecule has 0 spiro atoms. The van der Waals surface area contributed by atoms with E-state index >= 15 is 0 Å². The molecule has 0 atom stereocenters. The SMILES string of the molecule is COS(=O)(=O)c1ccccc1NC(C)=O. The van der Waals surface area contributed by atoms with Gasteiger partial charge in [0.25, 0.3) is 10.1 Å². The van der Waals surface area contributed by atoms with E-state index in [-0.39, 0.29) is 16.5 Å². The van der Waals surface area contributed by atoms with Crippen LogP contribution in [0.2, 0.25) is 0 Å². The van der Waals surface area contributed by atoms with Crippen molar-refractivity contribution in [1.82, 2.24) is 0 Å². The molecule has 0 aliphatic heterocycles. The molecule has 82 valence electrons. The van der Waals surface area contributed by atoms with Gasteiger partial charge < -0.3 is 5.32 Å². The van der Waals surface area contributed by atoms with Crippen molar-refractivity contribution in [3.8, 4) is 0 Å². The molecule has 1 rings (SSSR count). The fourth-order valence-electron chi connectivity index (χ4n) is 1.07. The van der Waals surface area contributed by atoms with Crippen molar-refractivity contribution in [3.05, 3.63) is 24.3 Å². The third kappa shape index (κ3) is 2.77. The Hall–Kier alpha value is -1.40. The highest BCUT2D eigenvalue weighted by Gasteiger charge is 2.17. The zero-order valence-corrected chi connectivity index (χ0v) is 9.17. The maximum absolute atomic E-state index is 11.4. The summed E-state index contributed by atoms with van der Waals surface area (Å²) in [4.78, 5) is 10.8. The maximum atomic E-state index is 11.4. The molecule has 0 aromatic heterocycles. The predicted octanol–water partition coefficient (Wildman–Crippen LogP) is 0.980. The van der Waals surface area contributed by atoms with Gasteiger partial charge in [-0.15, -0.1) is 0 Å². The number of carbonyl (C=O) groups is 1. The topological polar surface area (TPSA) is 72.5 Å².